The van der Waals surface area contributed by atoms with Crippen molar-refractivity contribution in [1.29, 1.82) is 0 Å². The summed E-state index contributed by atoms with van der Waals surface area (Å²) in [6.07, 6.45) is 5.21. The predicted octanol–water partition coefficient (Wildman–Crippen LogP) is 5.66. The second-order valence-corrected chi connectivity index (χ2v) is 10.0. The number of rotatable bonds is 10. The third-order valence-corrected chi connectivity index (χ3v) is 7.86. The van der Waals surface area contributed by atoms with E-state index in [-0.39, 0.29) is 10.8 Å². The minimum Gasteiger partial charge on any atom is -0.497 e. The molecule has 2 aromatic carbocycles. The lowest BCUT2D eigenvalue weighted by molar-refractivity contribution is -0.146. The van der Waals surface area contributed by atoms with Gasteiger partial charge in [0.2, 0.25) is 0 Å². The standard InChI is InChI=1S/C27H30F2N2O3S/c1-34-20-8-9-25-21(16-20)18(10-12-30-25)4-2-5-19-11-13-31(17-22(19)27(32)33)14-15-35-26-23(28)6-3-7-24(26)29/h3,6-10,12,16,19,22H,2,4-5,11,13-15,17H2,1H3,(H,32,33)/t19-,22+/m1/s1. The van der Waals surface area contributed by atoms with Crippen molar-refractivity contribution < 1.29 is 23.4 Å². The number of fused-ring (bicyclic) bond motifs is 1. The second-order valence-electron chi connectivity index (χ2n) is 8.94. The van der Waals surface area contributed by atoms with Crippen LogP contribution in [-0.2, 0) is 11.2 Å². The molecule has 1 N–H and O–H groups in total. The van der Waals surface area contributed by atoms with Crippen LogP contribution in [0.3, 0.4) is 0 Å². The number of aliphatic carboxylic acids is 1. The Balaban J connectivity index is 1.30. The maximum absolute atomic E-state index is 13.8. The highest BCUT2D eigenvalue weighted by atomic mass is 32.2. The molecule has 0 amide bonds. The lowest BCUT2D eigenvalue weighted by Gasteiger charge is -2.36. The van der Waals surface area contributed by atoms with Crippen LogP contribution in [-0.4, -0.2) is 53.5 Å². The maximum atomic E-state index is 13.8. The van der Waals surface area contributed by atoms with Gasteiger partial charge in [-0.05, 0) is 80.1 Å². The van der Waals surface area contributed by atoms with Crippen molar-refractivity contribution in [1.82, 2.24) is 9.88 Å². The maximum Gasteiger partial charge on any atom is 0.308 e. The zero-order valence-corrected chi connectivity index (χ0v) is 20.6. The lowest BCUT2D eigenvalue weighted by atomic mass is 9.81. The fourth-order valence-electron chi connectivity index (χ4n) is 4.88. The van der Waals surface area contributed by atoms with E-state index in [1.807, 2.05) is 30.5 Å². The first-order valence-electron chi connectivity index (χ1n) is 11.9. The molecule has 1 aliphatic rings. The number of pyridine rings is 1. The van der Waals surface area contributed by atoms with Crippen molar-refractivity contribution in [3.63, 3.8) is 0 Å². The summed E-state index contributed by atoms with van der Waals surface area (Å²) >= 11 is 1.14. The number of thioether (sulfide) groups is 1. The number of halogens is 2. The Labute approximate surface area is 208 Å². The normalized spacial score (nSPS) is 18.6. The van der Waals surface area contributed by atoms with Crippen LogP contribution < -0.4 is 4.74 Å². The summed E-state index contributed by atoms with van der Waals surface area (Å²) in [5.41, 5.74) is 2.11. The van der Waals surface area contributed by atoms with Crippen LogP contribution >= 0.6 is 11.8 Å². The molecule has 0 spiro atoms. The Morgan fingerprint density at radius 1 is 1.23 bits per heavy atom. The van der Waals surface area contributed by atoms with Crippen molar-refractivity contribution in [2.45, 2.75) is 30.6 Å². The molecule has 4 rings (SSSR count). The zero-order chi connectivity index (χ0) is 24.8. The Morgan fingerprint density at radius 2 is 2.03 bits per heavy atom. The van der Waals surface area contributed by atoms with Crippen molar-refractivity contribution in [2.24, 2.45) is 11.8 Å². The lowest BCUT2D eigenvalue weighted by Crippen LogP contribution is -2.44. The highest BCUT2D eigenvalue weighted by Gasteiger charge is 2.33. The number of benzene rings is 2. The molecule has 0 saturated carbocycles. The minimum absolute atomic E-state index is 0.0263. The number of aryl methyl sites for hydroxylation is 1. The number of hydrogen-bond donors (Lipinski definition) is 1. The summed E-state index contributed by atoms with van der Waals surface area (Å²) in [7, 11) is 1.65. The van der Waals surface area contributed by atoms with Gasteiger partial charge < -0.3 is 14.7 Å². The summed E-state index contributed by atoms with van der Waals surface area (Å²) < 4.78 is 33.0. The molecule has 1 aliphatic heterocycles. The average Bonchev–Trinajstić information content (AvgIpc) is 2.86. The molecular formula is C27H30F2N2O3S. The molecule has 1 fully saturated rings. The molecular weight excluding hydrogens is 470 g/mol. The van der Waals surface area contributed by atoms with Crippen molar-refractivity contribution >= 4 is 28.6 Å². The minimum atomic E-state index is -0.772. The van der Waals surface area contributed by atoms with Crippen LogP contribution in [0.1, 0.15) is 24.8 Å². The third kappa shape index (κ3) is 6.30. The quantitative estimate of drug-likeness (QED) is 0.363. The number of aromatic nitrogens is 1. The van der Waals surface area contributed by atoms with E-state index >= 15 is 0 Å². The molecule has 0 bridgehead atoms. The fraction of sp³-hybridized carbons (Fsp3) is 0.407. The van der Waals surface area contributed by atoms with Gasteiger partial charge in [-0.25, -0.2) is 8.78 Å². The van der Waals surface area contributed by atoms with Crippen LogP contribution in [0.4, 0.5) is 8.78 Å². The van der Waals surface area contributed by atoms with Crippen LogP contribution in [0.5, 0.6) is 5.75 Å². The number of carboxylic acids is 1. The van der Waals surface area contributed by atoms with E-state index in [1.54, 1.807) is 7.11 Å². The first-order valence-corrected chi connectivity index (χ1v) is 12.9. The van der Waals surface area contributed by atoms with Crippen LogP contribution in [0.2, 0.25) is 0 Å². The van der Waals surface area contributed by atoms with Crippen LogP contribution in [0.15, 0.2) is 53.6 Å². The monoisotopic (exact) mass is 500 g/mol. The Hall–Kier alpha value is -2.71. The number of methoxy groups -OCH3 is 1. The zero-order valence-electron chi connectivity index (χ0n) is 19.8. The van der Waals surface area contributed by atoms with Gasteiger partial charge in [0.15, 0.2) is 0 Å². The van der Waals surface area contributed by atoms with Gasteiger partial charge in [-0.2, -0.15) is 0 Å². The highest BCUT2D eigenvalue weighted by molar-refractivity contribution is 7.99. The first kappa shape index (κ1) is 25.4. The number of likely N-dealkylation sites (tertiary alicyclic amines) is 1. The third-order valence-electron chi connectivity index (χ3n) is 6.79. The highest BCUT2D eigenvalue weighted by Crippen LogP contribution is 2.31. The molecule has 35 heavy (non-hydrogen) atoms. The molecule has 186 valence electrons. The number of nitrogens with zero attached hydrogens (tertiary/aromatic N) is 2. The number of piperidine rings is 1. The van der Waals surface area contributed by atoms with Crippen molar-refractivity contribution in [2.75, 3.05) is 32.5 Å². The number of hydrogen-bond acceptors (Lipinski definition) is 5. The smallest absolute Gasteiger partial charge is 0.308 e. The predicted molar refractivity (Wildman–Crippen MR) is 134 cm³/mol. The number of carbonyl (C=O) groups is 1. The molecule has 1 aromatic heterocycles. The molecule has 0 aliphatic carbocycles. The summed E-state index contributed by atoms with van der Waals surface area (Å²) in [5.74, 6) is -0.910. The van der Waals surface area contributed by atoms with Crippen LogP contribution in [0, 0.1) is 23.5 Å². The second kappa shape index (κ2) is 11.8. The van der Waals surface area contributed by atoms with E-state index in [0.717, 1.165) is 60.6 Å². The van der Waals surface area contributed by atoms with Crippen molar-refractivity contribution in [3.8, 4) is 5.75 Å². The van der Waals surface area contributed by atoms with Gasteiger partial charge in [0, 0.05) is 30.4 Å². The van der Waals surface area contributed by atoms with E-state index < -0.39 is 23.5 Å². The summed E-state index contributed by atoms with van der Waals surface area (Å²) in [5, 5.41) is 10.9. The Morgan fingerprint density at radius 3 is 2.77 bits per heavy atom. The molecule has 0 unspecified atom stereocenters. The summed E-state index contributed by atoms with van der Waals surface area (Å²) in [4.78, 5) is 18.6. The molecule has 3 aromatic rings. The summed E-state index contributed by atoms with van der Waals surface area (Å²) in [6, 6.07) is 11.7. The van der Waals surface area contributed by atoms with E-state index in [4.69, 9.17) is 4.74 Å². The summed E-state index contributed by atoms with van der Waals surface area (Å²) in [6.45, 7) is 1.86. The van der Waals surface area contributed by atoms with Crippen molar-refractivity contribution in [3.05, 3.63) is 65.9 Å². The van der Waals surface area contributed by atoms with Crippen LogP contribution in [0.25, 0.3) is 10.9 Å². The van der Waals surface area contributed by atoms with Gasteiger partial charge in [-0.15, -0.1) is 11.8 Å². The number of carboxylic acid groups (broad SMARTS) is 1. The molecule has 2 atom stereocenters. The van der Waals surface area contributed by atoms with Gasteiger partial charge >= 0.3 is 5.97 Å². The molecule has 8 heteroatoms. The average molecular weight is 501 g/mol. The van der Waals surface area contributed by atoms with Gasteiger partial charge in [-0.3, -0.25) is 9.78 Å². The SMILES string of the molecule is COc1ccc2nccc(CCC[C@@H]3CCN(CCSc4c(F)cccc4F)C[C@@H]3C(=O)O)c2c1. The van der Waals surface area contributed by atoms with Gasteiger partial charge in [-0.1, -0.05) is 6.07 Å². The fourth-order valence-corrected chi connectivity index (χ4v) is 5.84. The van der Waals surface area contributed by atoms with Gasteiger partial charge in [0.1, 0.15) is 17.4 Å². The van der Waals surface area contributed by atoms with Gasteiger partial charge in [0.05, 0.1) is 23.4 Å². The van der Waals surface area contributed by atoms with E-state index in [9.17, 15) is 18.7 Å². The molecule has 0 radical (unpaired) electrons. The van der Waals surface area contributed by atoms with E-state index in [1.165, 1.54) is 23.8 Å². The molecule has 2 heterocycles. The largest absolute Gasteiger partial charge is 0.497 e. The number of ether oxygens (including phenoxy) is 1. The Kier molecular flexibility index (Phi) is 8.57. The molecule has 1 saturated heterocycles. The van der Waals surface area contributed by atoms with E-state index in [0.29, 0.717) is 18.8 Å². The van der Waals surface area contributed by atoms with E-state index in [2.05, 4.69) is 9.88 Å². The Bertz CT molecular complexity index is 1160. The topological polar surface area (TPSA) is 62.7 Å². The molecule has 5 nitrogen and oxygen atoms in total. The first-order chi connectivity index (χ1) is 17.0. The van der Waals surface area contributed by atoms with Gasteiger partial charge in [0.25, 0.3) is 0 Å².